The summed E-state index contributed by atoms with van der Waals surface area (Å²) in [5.41, 5.74) is 0.130. The first kappa shape index (κ1) is 18.6. The number of amides is 1. The molecule has 1 saturated heterocycles. The average molecular weight is 376 g/mol. The Labute approximate surface area is 157 Å². The second-order valence-corrected chi connectivity index (χ2v) is 6.79. The third kappa shape index (κ3) is 4.52. The van der Waals surface area contributed by atoms with Crippen LogP contribution in [0.1, 0.15) is 12.8 Å². The highest BCUT2D eigenvalue weighted by atomic mass is 35.5. The Morgan fingerprint density at radius 3 is 2.58 bits per heavy atom. The fourth-order valence-electron chi connectivity index (χ4n) is 3.02. The SMILES string of the molecule is COCC1(C(=O)Nc2ccc(Oc3ccc(Cl)cc3)nc2)CCNCC1. The molecule has 2 heterocycles. The van der Waals surface area contributed by atoms with E-state index >= 15 is 0 Å². The molecule has 0 aliphatic carbocycles. The lowest BCUT2D eigenvalue weighted by molar-refractivity contribution is -0.130. The lowest BCUT2D eigenvalue weighted by atomic mass is 9.78. The van der Waals surface area contributed by atoms with Gasteiger partial charge in [0.1, 0.15) is 5.75 Å². The highest BCUT2D eigenvalue weighted by Gasteiger charge is 2.39. The number of methoxy groups -OCH3 is 1. The van der Waals surface area contributed by atoms with Gasteiger partial charge in [0.15, 0.2) is 0 Å². The lowest BCUT2D eigenvalue weighted by Gasteiger charge is -2.35. The molecule has 0 bridgehead atoms. The Morgan fingerprint density at radius 2 is 1.96 bits per heavy atom. The molecule has 1 aliphatic heterocycles. The number of carbonyl (C=O) groups excluding carboxylic acids is 1. The van der Waals surface area contributed by atoms with Crippen LogP contribution in [0.4, 0.5) is 5.69 Å². The van der Waals surface area contributed by atoms with Crippen LogP contribution in [0.25, 0.3) is 0 Å². The van der Waals surface area contributed by atoms with E-state index < -0.39 is 5.41 Å². The molecule has 138 valence electrons. The minimum absolute atomic E-state index is 0.0333. The summed E-state index contributed by atoms with van der Waals surface area (Å²) in [4.78, 5) is 17.0. The van der Waals surface area contributed by atoms with Crippen molar-refractivity contribution in [1.82, 2.24) is 10.3 Å². The molecule has 1 amide bonds. The van der Waals surface area contributed by atoms with Crippen LogP contribution >= 0.6 is 11.6 Å². The first-order valence-corrected chi connectivity index (χ1v) is 8.90. The predicted molar refractivity (Wildman–Crippen MR) is 101 cm³/mol. The Balaban J connectivity index is 1.64. The number of benzene rings is 1. The highest BCUT2D eigenvalue weighted by Crippen LogP contribution is 2.31. The van der Waals surface area contributed by atoms with Crippen molar-refractivity contribution in [1.29, 1.82) is 0 Å². The van der Waals surface area contributed by atoms with Gasteiger partial charge in [-0.2, -0.15) is 0 Å². The number of ether oxygens (including phenoxy) is 2. The fourth-order valence-corrected chi connectivity index (χ4v) is 3.15. The zero-order chi connectivity index (χ0) is 18.4. The summed E-state index contributed by atoms with van der Waals surface area (Å²) in [7, 11) is 1.63. The van der Waals surface area contributed by atoms with Crippen molar-refractivity contribution in [2.45, 2.75) is 12.8 Å². The van der Waals surface area contributed by atoms with Gasteiger partial charge in [-0.25, -0.2) is 4.98 Å². The maximum absolute atomic E-state index is 12.8. The number of halogens is 1. The van der Waals surface area contributed by atoms with E-state index in [1.807, 2.05) is 0 Å². The van der Waals surface area contributed by atoms with E-state index in [2.05, 4.69) is 15.6 Å². The van der Waals surface area contributed by atoms with Crippen molar-refractivity contribution in [2.75, 3.05) is 32.1 Å². The summed E-state index contributed by atoms with van der Waals surface area (Å²) in [6, 6.07) is 10.5. The van der Waals surface area contributed by atoms with E-state index in [0.717, 1.165) is 25.9 Å². The molecule has 1 fully saturated rings. The fraction of sp³-hybridized carbons (Fsp3) is 0.368. The van der Waals surface area contributed by atoms with Gasteiger partial charge in [-0.1, -0.05) is 11.6 Å². The molecule has 1 aromatic heterocycles. The number of hydrogen-bond donors (Lipinski definition) is 2. The molecule has 0 radical (unpaired) electrons. The minimum atomic E-state index is -0.502. The molecule has 26 heavy (non-hydrogen) atoms. The Morgan fingerprint density at radius 1 is 1.23 bits per heavy atom. The molecule has 1 aliphatic rings. The van der Waals surface area contributed by atoms with E-state index in [1.165, 1.54) is 0 Å². The summed E-state index contributed by atoms with van der Waals surface area (Å²) in [6.07, 6.45) is 3.08. The molecule has 2 N–H and O–H groups in total. The summed E-state index contributed by atoms with van der Waals surface area (Å²) < 4.78 is 11.0. The van der Waals surface area contributed by atoms with E-state index in [1.54, 1.807) is 49.7 Å². The van der Waals surface area contributed by atoms with Crippen molar-refractivity contribution in [2.24, 2.45) is 5.41 Å². The Bertz CT molecular complexity index is 723. The van der Waals surface area contributed by atoms with Crippen LogP contribution < -0.4 is 15.4 Å². The number of pyridine rings is 1. The monoisotopic (exact) mass is 375 g/mol. The standard InChI is InChI=1S/C19H22ClN3O3/c1-25-13-19(8-10-21-11-9-19)18(24)23-15-4-7-17(22-12-15)26-16-5-2-14(20)3-6-16/h2-7,12,21H,8-11,13H2,1H3,(H,23,24). The second-order valence-electron chi connectivity index (χ2n) is 6.36. The minimum Gasteiger partial charge on any atom is -0.439 e. The number of nitrogens with one attached hydrogen (secondary N) is 2. The van der Waals surface area contributed by atoms with Crippen LogP contribution in [0.15, 0.2) is 42.6 Å². The average Bonchev–Trinajstić information content (AvgIpc) is 2.66. The van der Waals surface area contributed by atoms with Crippen LogP contribution in [0, 0.1) is 5.41 Å². The Kier molecular flexibility index (Phi) is 6.08. The van der Waals surface area contributed by atoms with Crippen molar-refractivity contribution in [3.63, 3.8) is 0 Å². The van der Waals surface area contributed by atoms with Gasteiger partial charge in [-0.05, 0) is 56.3 Å². The molecule has 0 saturated carbocycles. The lowest BCUT2D eigenvalue weighted by Crippen LogP contribution is -2.47. The molecule has 6 nitrogen and oxygen atoms in total. The molecular weight excluding hydrogens is 354 g/mol. The van der Waals surface area contributed by atoms with Gasteiger partial charge in [0, 0.05) is 18.2 Å². The van der Waals surface area contributed by atoms with Crippen LogP contribution in [0.5, 0.6) is 11.6 Å². The molecule has 2 aromatic rings. The van der Waals surface area contributed by atoms with Gasteiger partial charge in [0.2, 0.25) is 11.8 Å². The molecule has 3 rings (SSSR count). The van der Waals surface area contributed by atoms with Crippen LogP contribution in [0.2, 0.25) is 5.02 Å². The molecule has 0 atom stereocenters. The van der Waals surface area contributed by atoms with E-state index in [-0.39, 0.29) is 5.91 Å². The maximum atomic E-state index is 12.8. The molecule has 0 spiro atoms. The zero-order valence-corrected chi connectivity index (χ0v) is 15.4. The van der Waals surface area contributed by atoms with Gasteiger partial charge in [-0.3, -0.25) is 4.79 Å². The molecule has 1 aromatic carbocycles. The van der Waals surface area contributed by atoms with Crippen LogP contribution in [-0.2, 0) is 9.53 Å². The van der Waals surface area contributed by atoms with Crippen molar-refractivity contribution < 1.29 is 14.3 Å². The number of piperidine rings is 1. The van der Waals surface area contributed by atoms with Gasteiger partial charge < -0.3 is 20.1 Å². The van der Waals surface area contributed by atoms with Crippen LogP contribution in [-0.4, -0.2) is 37.7 Å². The van der Waals surface area contributed by atoms with Crippen molar-refractivity contribution in [3.8, 4) is 11.6 Å². The van der Waals surface area contributed by atoms with Crippen molar-refractivity contribution in [3.05, 3.63) is 47.6 Å². The molecular formula is C19H22ClN3O3. The number of nitrogens with zero attached hydrogens (tertiary/aromatic N) is 1. The topological polar surface area (TPSA) is 72.5 Å². The van der Waals surface area contributed by atoms with Gasteiger partial charge >= 0.3 is 0 Å². The number of anilines is 1. The first-order chi connectivity index (χ1) is 12.6. The third-order valence-electron chi connectivity index (χ3n) is 4.49. The third-order valence-corrected chi connectivity index (χ3v) is 4.75. The second kappa shape index (κ2) is 8.49. The number of aromatic nitrogens is 1. The largest absolute Gasteiger partial charge is 0.439 e. The summed E-state index contributed by atoms with van der Waals surface area (Å²) in [5, 5.41) is 6.88. The normalized spacial score (nSPS) is 16.1. The van der Waals surface area contributed by atoms with Gasteiger partial charge in [0.05, 0.1) is 23.9 Å². The van der Waals surface area contributed by atoms with Crippen molar-refractivity contribution >= 4 is 23.2 Å². The number of hydrogen-bond acceptors (Lipinski definition) is 5. The van der Waals surface area contributed by atoms with E-state index in [4.69, 9.17) is 21.1 Å². The van der Waals surface area contributed by atoms with E-state index in [9.17, 15) is 4.79 Å². The van der Waals surface area contributed by atoms with Crippen LogP contribution in [0.3, 0.4) is 0 Å². The van der Waals surface area contributed by atoms with E-state index in [0.29, 0.717) is 28.9 Å². The summed E-state index contributed by atoms with van der Waals surface area (Å²) in [5.74, 6) is 1.06. The molecule has 7 heteroatoms. The highest BCUT2D eigenvalue weighted by molar-refractivity contribution is 6.30. The smallest absolute Gasteiger partial charge is 0.233 e. The Hall–Kier alpha value is -2.15. The summed E-state index contributed by atoms with van der Waals surface area (Å²) >= 11 is 5.86. The predicted octanol–water partition coefficient (Wildman–Crippen LogP) is 3.48. The summed E-state index contributed by atoms with van der Waals surface area (Å²) in [6.45, 7) is 2.03. The zero-order valence-electron chi connectivity index (χ0n) is 14.6. The number of rotatable bonds is 6. The quantitative estimate of drug-likeness (QED) is 0.808. The van der Waals surface area contributed by atoms with Gasteiger partial charge in [-0.15, -0.1) is 0 Å². The molecule has 0 unspecified atom stereocenters. The van der Waals surface area contributed by atoms with Gasteiger partial charge in [0.25, 0.3) is 0 Å². The number of carbonyl (C=O) groups is 1. The first-order valence-electron chi connectivity index (χ1n) is 8.52. The maximum Gasteiger partial charge on any atom is 0.233 e.